The van der Waals surface area contributed by atoms with Gasteiger partial charge in [0.15, 0.2) is 5.82 Å². The van der Waals surface area contributed by atoms with E-state index in [1.807, 2.05) is 16.7 Å². The van der Waals surface area contributed by atoms with Gasteiger partial charge >= 0.3 is 0 Å². The molecule has 5 N–H and O–H groups in total. The van der Waals surface area contributed by atoms with Crippen LogP contribution in [0.5, 0.6) is 0 Å². The predicted octanol–water partition coefficient (Wildman–Crippen LogP) is 3.41. The summed E-state index contributed by atoms with van der Waals surface area (Å²) < 4.78 is 29.1. The molecular weight excluding hydrogens is 449 g/mol. The Morgan fingerprint density at radius 3 is 2.66 bits per heavy atom. The minimum absolute atomic E-state index is 0.0808. The monoisotopic (exact) mass is 483 g/mol. The quantitative estimate of drug-likeness (QED) is 0.268. The van der Waals surface area contributed by atoms with Gasteiger partial charge in [0.1, 0.15) is 5.70 Å². The maximum atomic E-state index is 16.3. The van der Waals surface area contributed by atoms with Crippen LogP contribution in [-0.4, -0.2) is 47.0 Å². The van der Waals surface area contributed by atoms with Crippen molar-refractivity contribution in [2.24, 2.45) is 23.4 Å². The third kappa shape index (κ3) is 4.11. The van der Waals surface area contributed by atoms with Crippen molar-refractivity contribution in [3.63, 3.8) is 0 Å². The van der Waals surface area contributed by atoms with Crippen LogP contribution < -0.4 is 11.6 Å². The highest BCUT2D eigenvalue weighted by atomic mass is 19.1. The smallest absolute Gasteiger partial charge is 0.210 e. The van der Waals surface area contributed by atoms with Crippen molar-refractivity contribution < 1.29 is 19.0 Å². The number of hydrogen-bond donors (Lipinski definition) is 3. The van der Waals surface area contributed by atoms with Gasteiger partial charge < -0.3 is 29.9 Å². The molecule has 1 saturated heterocycles. The van der Waals surface area contributed by atoms with E-state index in [4.69, 9.17) is 26.0 Å². The van der Waals surface area contributed by atoms with Crippen molar-refractivity contribution in [3.8, 4) is 0 Å². The van der Waals surface area contributed by atoms with Gasteiger partial charge in [-0.25, -0.2) is 10.2 Å². The first kappa shape index (κ1) is 23.8. The minimum Gasteiger partial charge on any atom is -0.481 e. The second-order valence-electron chi connectivity index (χ2n) is 10.0. The SMILES string of the molecule is CO/C(N)=C(\c1cnc2c3ccc(C(C)(O)C4CC4)c(F)c3n(CC3CCOCC3)c2c1)N(C)N. The Morgan fingerprint density at radius 1 is 1.31 bits per heavy atom. The molecule has 8 nitrogen and oxygen atoms in total. The Kier molecular flexibility index (Phi) is 6.11. The molecular formula is C26H34FN5O3. The molecule has 1 aliphatic carbocycles. The van der Waals surface area contributed by atoms with Gasteiger partial charge in [0.25, 0.3) is 0 Å². The third-order valence-electron chi connectivity index (χ3n) is 7.58. The molecule has 5 rings (SSSR count). The number of fused-ring (bicyclic) bond motifs is 3. The second kappa shape index (κ2) is 8.96. The van der Waals surface area contributed by atoms with E-state index in [-0.39, 0.29) is 17.6 Å². The van der Waals surface area contributed by atoms with E-state index in [1.165, 1.54) is 12.1 Å². The third-order valence-corrected chi connectivity index (χ3v) is 7.58. The average molecular weight is 484 g/mol. The Morgan fingerprint density at radius 2 is 2.03 bits per heavy atom. The maximum absolute atomic E-state index is 16.3. The Balaban J connectivity index is 1.75. The topological polar surface area (TPSA) is 112 Å². The number of halogens is 1. The highest BCUT2D eigenvalue weighted by Crippen LogP contribution is 2.47. The molecule has 2 aromatic heterocycles. The van der Waals surface area contributed by atoms with Crippen LogP contribution in [0.15, 0.2) is 30.3 Å². The van der Waals surface area contributed by atoms with E-state index < -0.39 is 5.60 Å². The molecule has 35 heavy (non-hydrogen) atoms. The van der Waals surface area contributed by atoms with Gasteiger partial charge in [0, 0.05) is 49.5 Å². The number of nitrogens with zero attached hydrogens (tertiary/aromatic N) is 3. The molecule has 1 aromatic carbocycles. The van der Waals surface area contributed by atoms with Crippen LogP contribution in [0, 0.1) is 17.7 Å². The van der Waals surface area contributed by atoms with Crippen LogP contribution in [-0.2, 0) is 21.6 Å². The highest BCUT2D eigenvalue weighted by Gasteiger charge is 2.43. The number of rotatable bonds is 7. The van der Waals surface area contributed by atoms with E-state index in [9.17, 15) is 5.11 Å². The second-order valence-corrected chi connectivity index (χ2v) is 10.0. The van der Waals surface area contributed by atoms with Gasteiger partial charge in [0.2, 0.25) is 5.88 Å². The molecule has 3 aromatic rings. The molecule has 2 fully saturated rings. The van der Waals surface area contributed by atoms with Gasteiger partial charge in [-0.1, -0.05) is 12.1 Å². The molecule has 1 aliphatic heterocycles. The lowest BCUT2D eigenvalue weighted by Crippen LogP contribution is -2.27. The molecule has 188 valence electrons. The average Bonchev–Trinajstić information content (AvgIpc) is 3.65. The first-order valence-electron chi connectivity index (χ1n) is 12.2. The fourth-order valence-corrected chi connectivity index (χ4v) is 5.39. The van der Waals surface area contributed by atoms with Crippen molar-refractivity contribution in [2.45, 2.75) is 44.8 Å². The standard InChI is InChI=1S/C26H34FN5O3/c1-26(33,17-4-5-17)19-7-6-18-22-20(12-16(13-30-22)23(31(2)29)25(28)34-3)32(24(18)21(19)27)14-15-8-10-35-11-9-15/h6-7,12-13,15,17,33H,4-5,8-11,14,28-29H2,1-3H3/b25-23+. The Bertz CT molecular complexity index is 1290. The lowest BCUT2D eigenvalue weighted by atomic mass is 9.89. The number of pyridine rings is 1. The normalized spacial score (nSPS) is 19.6. The molecule has 1 unspecified atom stereocenters. The molecule has 0 spiro atoms. The number of benzene rings is 1. The van der Waals surface area contributed by atoms with Crippen LogP contribution in [0.3, 0.4) is 0 Å². The number of hydrogen-bond acceptors (Lipinski definition) is 7. The number of aliphatic hydroxyl groups is 1. The zero-order valence-electron chi connectivity index (χ0n) is 20.6. The van der Waals surface area contributed by atoms with Gasteiger partial charge in [-0.3, -0.25) is 4.98 Å². The van der Waals surface area contributed by atoms with Crippen molar-refractivity contribution in [1.29, 1.82) is 0 Å². The predicted molar refractivity (Wildman–Crippen MR) is 133 cm³/mol. The summed E-state index contributed by atoms with van der Waals surface area (Å²) in [5, 5.41) is 13.3. The first-order chi connectivity index (χ1) is 16.7. The molecule has 9 heteroatoms. The number of hydrazine groups is 1. The number of aromatic nitrogens is 2. The Hall–Kier alpha value is -2.88. The van der Waals surface area contributed by atoms with E-state index in [0.29, 0.717) is 53.5 Å². The summed E-state index contributed by atoms with van der Waals surface area (Å²) in [6, 6.07) is 5.53. The molecule has 0 radical (unpaired) electrons. The number of methoxy groups -OCH3 is 1. The van der Waals surface area contributed by atoms with Gasteiger partial charge in [-0.15, -0.1) is 0 Å². The van der Waals surface area contributed by atoms with E-state index in [1.54, 1.807) is 26.2 Å². The van der Waals surface area contributed by atoms with Crippen LogP contribution in [0.25, 0.3) is 27.6 Å². The van der Waals surface area contributed by atoms with Crippen molar-refractivity contribution in [2.75, 3.05) is 27.4 Å². The van der Waals surface area contributed by atoms with Crippen LogP contribution >= 0.6 is 0 Å². The summed E-state index contributed by atoms with van der Waals surface area (Å²) in [5.74, 6) is 6.26. The molecule has 3 heterocycles. The minimum atomic E-state index is -1.21. The van der Waals surface area contributed by atoms with Gasteiger partial charge in [-0.2, -0.15) is 0 Å². The van der Waals surface area contributed by atoms with Crippen molar-refractivity contribution >= 4 is 27.6 Å². The zero-order valence-corrected chi connectivity index (χ0v) is 20.6. The van der Waals surface area contributed by atoms with Crippen molar-refractivity contribution in [1.82, 2.24) is 14.6 Å². The summed E-state index contributed by atoms with van der Waals surface area (Å²) in [6.45, 7) is 3.74. The zero-order chi connectivity index (χ0) is 24.9. The Labute approximate surface area is 204 Å². The molecule has 0 amide bonds. The molecule has 1 saturated carbocycles. The van der Waals surface area contributed by atoms with E-state index in [0.717, 1.165) is 36.6 Å². The summed E-state index contributed by atoms with van der Waals surface area (Å²) in [6.07, 6.45) is 5.30. The van der Waals surface area contributed by atoms with Gasteiger partial charge in [0.05, 0.1) is 29.3 Å². The van der Waals surface area contributed by atoms with Crippen LogP contribution in [0.1, 0.15) is 43.7 Å². The lowest BCUT2D eigenvalue weighted by molar-refractivity contribution is 0.0297. The molecule has 1 atom stereocenters. The lowest BCUT2D eigenvalue weighted by Gasteiger charge is -2.26. The van der Waals surface area contributed by atoms with E-state index in [2.05, 4.69) is 0 Å². The molecule has 0 bridgehead atoms. The highest BCUT2D eigenvalue weighted by molar-refractivity contribution is 6.06. The fraction of sp³-hybridized carbons (Fsp3) is 0.500. The van der Waals surface area contributed by atoms with Crippen LogP contribution in [0.4, 0.5) is 4.39 Å². The number of ether oxygens (including phenoxy) is 2. The maximum Gasteiger partial charge on any atom is 0.210 e. The number of nitrogens with two attached hydrogens (primary N) is 2. The largest absolute Gasteiger partial charge is 0.481 e. The summed E-state index contributed by atoms with van der Waals surface area (Å²) >= 11 is 0. The summed E-state index contributed by atoms with van der Waals surface area (Å²) in [4.78, 5) is 4.72. The van der Waals surface area contributed by atoms with Gasteiger partial charge in [-0.05, 0) is 50.5 Å². The van der Waals surface area contributed by atoms with Crippen molar-refractivity contribution in [3.05, 3.63) is 47.2 Å². The molecule has 2 aliphatic rings. The summed E-state index contributed by atoms with van der Waals surface area (Å²) in [7, 11) is 3.16. The van der Waals surface area contributed by atoms with E-state index >= 15 is 4.39 Å². The summed E-state index contributed by atoms with van der Waals surface area (Å²) in [5.41, 5.74) is 8.33. The fourth-order valence-electron chi connectivity index (χ4n) is 5.39. The first-order valence-corrected chi connectivity index (χ1v) is 12.2. The van der Waals surface area contributed by atoms with Crippen LogP contribution in [0.2, 0.25) is 0 Å².